The van der Waals surface area contributed by atoms with Crippen molar-refractivity contribution >= 4 is 23.5 Å². The van der Waals surface area contributed by atoms with Gasteiger partial charge >= 0.3 is 35.5 Å². The van der Waals surface area contributed by atoms with Gasteiger partial charge in [0.1, 0.15) is 0 Å². The Hall–Kier alpha value is -0.550. The average molecular weight is 239 g/mol. The second kappa shape index (κ2) is 8.73. The van der Waals surface area contributed by atoms with Crippen LogP contribution in [0.5, 0.6) is 0 Å². The second-order valence-corrected chi connectivity index (χ2v) is 2.68. The number of benzene rings is 1. The summed E-state index contributed by atoms with van der Waals surface area (Å²) in [6, 6.07) is 6.33. The van der Waals surface area contributed by atoms with Gasteiger partial charge in [-0.05, 0) is 19.1 Å². The smallest absolute Gasteiger partial charge is 0.550 e. The Morgan fingerprint density at radius 2 is 1.73 bits per heavy atom. The zero-order chi connectivity index (χ0) is 11.1. The number of carboxylic acids is 2. The molecule has 0 amide bonds. The van der Waals surface area contributed by atoms with Gasteiger partial charge in [-0.2, -0.15) is 0 Å². The number of carbonyl (C=O) groups excluding carboxylic acids is 1. The summed E-state index contributed by atoms with van der Waals surface area (Å²) in [4.78, 5) is 19.2. The number of aliphatic carboxylic acids is 1. The topological polar surface area (TPSA) is 77.4 Å². The summed E-state index contributed by atoms with van der Waals surface area (Å²) in [5.41, 5.74) is 0.143. The van der Waals surface area contributed by atoms with Crippen molar-refractivity contribution in [3.63, 3.8) is 0 Å². The summed E-state index contributed by atoms with van der Waals surface area (Å²) in [6.07, 6.45) is 0. The molecule has 0 fully saturated rings. The minimum absolute atomic E-state index is 0. The van der Waals surface area contributed by atoms with E-state index in [1.807, 2.05) is 0 Å². The van der Waals surface area contributed by atoms with Crippen molar-refractivity contribution in [2.75, 3.05) is 0 Å². The summed E-state index contributed by atoms with van der Waals surface area (Å²) in [5.74, 6) is -2.08. The van der Waals surface area contributed by atoms with Gasteiger partial charge in [-0.3, -0.25) is 0 Å². The first-order chi connectivity index (χ1) is 6.45. The first-order valence-electron chi connectivity index (χ1n) is 3.60. The Morgan fingerprint density at radius 3 is 2.00 bits per heavy atom. The van der Waals surface area contributed by atoms with Gasteiger partial charge in [0.2, 0.25) is 0 Å². The summed E-state index contributed by atoms with van der Waals surface area (Å²) in [6.45, 7) is 0.972. The largest absolute Gasteiger partial charge is 1.00 e. The zero-order valence-corrected chi connectivity index (χ0v) is 11.1. The molecule has 1 aromatic rings. The fourth-order valence-corrected chi connectivity index (χ4v) is 0.851. The molecule has 0 saturated heterocycles. The summed E-state index contributed by atoms with van der Waals surface area (Å²) < 4.78 is 0. The molecule has 0 heterocycles. The summed E-state index contributed by atoms with van der Waals surface area (Å²) >= 11 is 5.54. The third kappa shape index (κ3) is 8.44. The van der Waals surface area contributed by atoms with Crippen molar-refractivity contribution in [3.05, 3.63) is 34.9 Å². The van der Waals surface area contributed by atoms with E-state index in [2.05, 4.69) is 0 Å². The molecule has 1 rings (SSSR count). The Kier molecular flexibility index (Phi) is 9.82. The maximum atomic E-state index is 10.3. The van der Waals surface area contributed by atoms with Crippen molar-refractivity contribution in [1.29, 1.82) is 0 Å². The van der Waals surface area contributed by atoms with Crippen LogP contribution < -0.4 is 34.7 Å². The second-order valence-electron chi connectivity index (χ2n) is 2.28. The van der Waals surface area contributed by atoms with E-state index >= 15 is 0 Å². The van der Waals surface area contributed by atoms with Gasteiger partial charge in [-0.25, -0.2) is 4.79 Å². The Labute approximate surface area is 114 Å². The predicted octanol–water partition coefficient (Wildman–Crippen LogP) is -2.20. The molecule has 6 heteroatoms. The number of halogens is 1. The number of carbonyl (C=O) groups is 2. The predicted molar refractivity (Wildman–Crippen MR) is 49.1 cm³/mol. The van der Waals surface area contributed by atoms with Crippen LogP contribution in [-0.4, -0.2) is 17.0 Å². The number of hydrogen-bond donors (Lipinski definition) is 1. The van der Waals surface area contributed by atoms with E-state index in [4.69, 9.17) is 26.6 Å². The van der Waals surface area contributed by atoms with Gasteiger partial charge in [0, 0.05) is 5.97 Å². The van der Waals surface area contributed by atoms with Crippen LogP contribution in [0.25, 0.3) is 0 Å². The normalized spacial score (nSPS) is 7.87. The van der Waals surface area contributed by atoms with Crippen molar-refractivity contribution in [2.45, 2.75) is 6.92 Å². The number of hydrogen-bond acceptors (Lipinski definition) is 3. The summed E-state index contributed by atoms with van der Waals surface area (Å²) in [7, 11) is 0. The SMILES string of the molecule is CC(=O)[O-].O=C(O)c1ccccc1Cl.[Na+]. The molecule has 76 valence electrons. The third-order valence-electron chi connectivity index (χ3n) is 1.10. The van der Waals surface area contributed by atoms with Crippen LogP contribution in [0.4, 0.5) is 0 Å². The maximum absolute atomic E-state index is 10.3. The molecule has 0 bridgehead atoms. The van der Waals surface area contributed by atoms with E-state index in [9.17, 15) is 4.79 Å². The van der Waals surface area contributed by atoms with Crippen LogP contribution in [-0.2, 0) is 4.79 Å². The van der Waals surface area contributed by atoms with Crippen LogP contribution >= 0.6 is 11.6 Å². The monoisotopic (exact) mass is 238 g/mol. The first kappa shape index (κ1) is 16.9. The van der Waals surface area contributed by atoms with Crippen LogP contribution in [0.15, 0.2) is 24.3 Å². The number of carboxylic acid groups (broad SMARTS) is 2. The standard InChI is InChI=1S/C7H5ClO2.C2H4O2.Na/c8-6-4-2-1-3-5(6)7(9)10;1-2(3)4;/h1-4H,(H,9,10);1H3,(H,3,4);/q;;+1/p-1. The van der Waals surface area contributed by atoms with Gasteiger partial charge < -0.3 is 15.0 Å². The van der Waals surface area contributed by atoms with E-state index in [0.29, 0.717) is 0 Å². The molecule has 1 N–H and O–H groups in total. The van der Waals surface area contributed by atoms with Gasteiger partial charge in [0.05, 0.1) is 10.6 Å². The minimum atomic E-state index is -1.08. The Balaban J connectivity index is 0. The van der Waals surface area contributed by atoms with Crippen LogP contribution in [0.1, 0.15) is 17.3 Å². The first-order valence-corrected chi connectivity index (χ1v) is 3.98. The maximum Gasteiger partial charge on any atom is 1.00 e. The van der Waals surface area contributed by atoms with Crippen molar-refractivity contribution in [3.8, 4) is 0 Å². The van der Waals surface area contributed by atoms with E-state index in [1.165, 1.54) is 6.07 Å². The molecule has 0 radical (unpaired) electrons. The minimum Gasteiger partial charge on any atom is -0.550 e. The zero-order valence-electron chi connectivity index (χ0n) is 8.36. The quantitative estimate of drug-likeness (QED) is 0.563. The number of aromatic carboxylic acids is 1. The molecule has 0 atom stereocenters. The molecule has 0 aliphatic heterocycles. The Bertz CT molecular complexity index is 337. The third-order valence-corrected chi connectivity index (χ3v) is 1.43. The van der Waals surface area contributed by atoms with Gasteiger partial charge in [-0.1, -0.05) is 23.7 Å². The fourth-order valence-electron chi connectivity index (χ4n) is 0.635. The molecule has 0 unspecified atom stereocenters. The molecule has 0 aliphatic carbocycles. The summed E-state index contributed by atoms with van der Waals surface area (Å²) in [5, 5.41) is 17.6. The molecular weight excluding hydrogens is 231 g/mol. The molecular formula is C9H8ClNaO4. The van der Waals surface area contributed by atoms with E-state index < -0.39 is 11.9 Å². The van der Waals surface area contributed by atoms with E-state index in [-0.39, 0.29) is 40.1 Å². The molecule has 0 aromatic heterocycles. The molecule has 0 aliphatic rings. The van der Waals surface area contributed by atoms with E-state index in [1.54, 1.807) is 18.2 Å². The fraction of sp³-hybridized carbons (Fsp3) is 0.111. The van der Waals surface area contributed by atoms with Gasteiger partial charge in [-0.15, -0.1) is 0 Å². The van der Waals surface area contributed by atoms with Crippen LogP contribution in [0, 0.1) is 0 Å². The molecule has 4 nitrogen and oxygen atoms in total. The Morgan fingerprint density at radius 1 is 1.33 bits per heavy atom. The van der Waals surface area contributed by atoms with Crippen LogP contribution in [0.2, 0.25) is 5.02 Å². The van der Waals surface area contributed by atoms with Crippen molar-refractivity contribution < 1.29 is 49.4 Å². The van der Waals surface area contributed by atoms with Crippen molar-refractivity contribution in [2.24, 2.45) is 0 Å². The molecule has 1 aromatic carbocycles. The molecule has 0 spiro atoms. The number of rotatable bonds is 1. The molecule has 0 saturated carbocycles. The van der Waals surface area contributed by atoms with Crippen molar-refractivity contribution in [1.82, 2.24) is 0 Å². The van der Waals surface area contributed by atoms with Gasteiger partial charge in [0.15, 0.2) is 0 Å². The van der Waals surface area contributed by atoms with Gasteiger partial charge in [0.25, 0.3) is 0 Å². The molecule has 15 heavy (non-hydrogen) atoms. The van der Waals surface area contributed by atoms with E-state index in [0.717, 1.165) is 6.92 Å². The van der Waals surface area contributed by atoms with Crippen LogP contribution in [0.3, 0.4) is 0 Å². The average Bonchev–Trinajstić information content (AvgIpc) is 2.03.